The van der Waals surface area contributed by atoms with Crippen molar-refractivity contribution >= 4 is 17.9 Å². The van der Waals surface area contributed by atoms with Crippen molar-refractivity contribution in [3.63, 3.8) is 0 Å². The summed E-state index contributed by atoms with van der Waals surface area (Å²) < 4.78 is 103. The highest BCUT2D eigenvalue weighted by molar-refractivity contribution is 5.90. The highest BCUT2D eigenvalue weighted by atomic mass is 19.4. The fraction of sp³-hybridized carbons (Fsp3) is 0.330. The Kier molecular flexibility index (Phi) is 48.4. The van der Waals surface area contributed by atoms with Crippen LogP contribution in [-0.2, 0) is 84.6 Å². The quantitative estimate of drug-likeness (QED) is 0.0574. The summed E-state index contributed by atoms with van der Waals surface area (Å²) in [6.07, 6.45) is 0.305. The van der Waals surface area contributed by atoms with Crippen LogP contribution in [0.15, 0.2) is 237 Å². The van der Waals surface area contributed by atoms with Crippen molar-refractivity contribution in [3.05, 3.63) is 348 Å². The van der Waals surface area contributed by atoms with E-state index in [0.717, 1.165) is 69.1 Å². The molecule has 10 aromatic carbocycles. The maximum atomic E-state index is 12.5. The van der Waals surface area contributed by atoms with Gasteiger partial charge in [-0.3, -0.25) is 0 Å². The summed E-state index contributed by atoms with van der Waals surface area (Å²) >= 11 is 0. The van der Waals surface area contributed by atoms with Gasteiger partial charge in [-0.2, -0.15) is 13.2 Å². The molecule has 0 amide bonds. The van der Waals surface area contributed by atoms with Crippen molar-refractivity contribution in [1.29, 1.82) is 0 Å². The van der Waals surface area contributed by atoms with Gasteiger partial charge in [0.2, 0.25) is 0 Å². The Morgan fingerprint density at radius 1 is 0.306 bits per heavy atom. The average Bonchev–Trinajstić information content (AvgIpc) is 0.825. The van der Waals surface area contributed by atoms with Gasteiger partial charge in [0, 0.05) is 0 Å². The largest absolute Gasteiger partial charge is 0.573 e. The number of para-hydroxylation sites is 1. The van der Waals surface area contributed by atoms with Crippen LogP contribution in [0.25, 0.3) is 0 Å². The van der Waals surface area contributed by atoms with Gasteiger partial charge in [-0.05, 0) is 216 Å². The van der Waals surface area contributed by atoms with Crippen LogP contribution in [0, 0.1) is 40.4 Å². The third kappa shape index (κ3) is 41.7. The van der Waals surface area contributed by atoms with Crippen molar-refractivity contribution in [3.8, 4) is 5.75 Å². The molecule has 0 radical (unpaired) electrons. The molecule has 0 saturated heterocycles. The minimum absolute atomic E-state index is 0.113. The van der Waals surface area contributed by atoms with E-state index in [0.29, 0.717) is 41.3 Å². The van der Waals surface area contributed by atoms with E-state index in [9.17, 15) is 45.1 Å². The monoisotopic (exact) mass is 1490 g/mol. The molecule has 0 aromatic heterocycles. The molecule has 0 aliphatic carbocycles. The first-order valence-corrected chi connectivity index (χ1v) is 37.0. The molecule has 582 valence electrons. The topological polar surface area (TPSA) is 88.1 Å². The van der Waals surface area contributed by atoms with Gasteiger partial charge >= 0.3 is 30.4 Å². The molecular formula is C94H115F7O7. The number of methoxy groups -OCH3 is 2. The Morgan fingerprint density at radius 3 is 0.954 bits per heavy atom. The van der Waals surface area contributed by atoms with Gasteiger partial charge in [-0.1, -0.05) is 279 Å². The van der Waals surface area contributed by atoms with E-state index in [4.69, 9.17) is 4.74 Å². The number of carbonyl (C=O) groups excluding carboxylic acids is 3. The Bertz CT molecular complexity index is 3920. The second kappa shape index (κ2) is 54.5. The summed E-state index contributed by atoms with van der Waals surface area (Å²) in [4.78, 5) is 33.3. The summed E-state index contributed by atoms with van der Waals surface area (Å²) in [5, 5.41) is 0. The third-order valence-electron chi connectivity index (χ3n) is 16.3. The number of benzene rings is 10. The smallest absolute Gasteiger partial charge is 0.465 e. The molecule has 10 aromatic rings. The highest BCUT2D eigenvalue weighted by Gasteiger charge is 2.33. The zero-order valence-corrected chi connectivity index (χ0v) is 66.8. The number of carbonyl (C=O) groups is 3. The number of halogens is 7. The van der Waals surface area contributed by atoms with Crippen molar-refractivity contribution in [2.75, 3.05) is 20.8 Å². The molecule has 0 saturated carbocycles. The van der Waals surface area contributed by atoms with Crippen LogP contribution >= 0.6 is 0 Å². The predicted molar refractivity (Wildman–Crippen MR) is 432 cm³/mol. The molecule has 0 heterocycles. The normalized spacial score (nSPS) is 10.0. The Hall–Kier alpha value is -10.1. The van der Waals surface area contributed by atoms with E-state index in [2.05, 4.69) is 226 Å². The Labute approximate surface area is 641 Å². The lowest BCUT2D eigenvalue weighted by Gasteiger charge is -2.11. The van der Waals surface area contributed by atoms with Crippen LogP contribution in [0.4, 0.5) is 30.7 Å². The first kappa shape index (κ1) is 95.9. The summed E-state index contributed by atoms with van der Waals surface area (Å²) in [5.74, 6) is -1.77. The molecule has 14 heteroatoms. The fourth-order valence-electron chi connectivity index (χ4n) is 9.60. The lowest BCUT2D eigenvalue weighted by molar-refractivity contribution is -0.274. The summed E-state index contributed by atoms with van der Waals surface area (Å²) in [5.41, 5.74) is 19.1. The molecule has 0 atom stereocenters. The van der Waals surface area contributed by atoms with Crippen LogP contribution in [0.2, 0.25) is 0 Å². The average molecular weight is 1490 g/mol. The van der Waals surface area contributed by atoms with E-state index < -0.39 is 23.9 Å². The molecule has 0 fully saturated rings. The first-order chi connectivity index (χ1) is 51.4. The van der Waals surface area contributed by atoms with E-state index >= 15 is 0 Å². The predicted octanol–water partition coefficient (Wildman–Crippen LogP) is 25.8. The number of esters is 3. The van der Waals surface area contributed by atoms with Gasteiger partial charge < -0.3 is 18.9 Å². The van der Waals surface area contributed by atoms with Gasteiger partial charge in [-0.25, -0.2) is 18.8 Å². The molecule has 0 N–H and O–H groups in total. The van der Waals surface area contributed by atoms with E-state index in [1.165, 1.54) is 93.1 Å². The molecule has 7 nitrogen and oxygen atoms in total. The molecule has 0 bridgehead atoms. The zero-order valence-electron chi connectivity index (χ0n) is 66.8. The first-order valence-electron chi connectivity index (χ1n) is 37.0. The summed E-state index contributed by atoms with van der Waals surface area (Å²) in [7, 11) is 2.77. The maximum absolute atomic E-state index is 12.5. The number of hydrogen-bond acceptors (Lipinski definition) is 7. The lowest BCUT2D eigenvalue weighted by Crippen LogP contribution is -2.17. The van der Waals surface area contributed by atoms with E-state index in [1.807, 2.05) is 42.5 Å². The molecule has 108 heavy (non-hydrogen) atoms. The number of ether oxygens (including phenoxy) is 4. The number of aryl methyl sites for hydroxylation is 15. The zero-order chi connectivity index (χ0) is 81.0. The second-order valence-electron chi connectivity index (χ2n) is 24.7. The van der Waals surface area contributed by atoms with E-state index in [1.54, 1.807) is 63.2 Å². The Balaban J connectivity index is 0.000000602. The van der Waals surface area contributed by atoms with Gasteiger partial charge in [0.05, 0.1) is 43.1 Å². The number of hydrogen-bond donors (Lipinski definition) is 0. The summed E-state index contributed by atoms with van der Waals surface area (Å²) in [6.45, 7) is 33.3. The molecule has 10 rings (SSSR count). The minimum atomic E-state index is -4.61. The fourth-order valence-corrected chi connectivity index (χ4v) is 9.60. The summed E-state index contributed by atoms with van der Waals surface area (Å²) in [6, 6.07) is 74.4. The molecule has 0 aliphatic rings. The van der Waals surface area contributed by atoms with Crippen LogP contribution in [-0.4, -0.2) is 45.1 Å². The van der Waals surface area contributed by atoms with E-state index in [-0.39, 0.29) is 35.6 Å². The SMILES string of the molecule is CCOC(=O)c1ccc(CC)cc1.CCc1ccc(C(=O)OC)cc1.CCc1ccc(C)cc1.CCc1ccc(C)cc1.CCc1ccc(C)cc1.CCc1ccc(F)cc1C(F)(F)F.CCc1cccc(C(=O)OC)c1.CCc1cccc(C)c1.CCc1cccc(C)c1.CCc1ccccc1OC(F)(F)F. The van der Waals surface area contributed by atoms with Crippen LogP contribution in [0.1, 0.15) is 196 Å². The lowest BCUT2D eigenvalue weighted by atomic mass is 10.0. The molecular weight excluding hydrogens is 1370 g/mol. The standard InChI is InChI=1S/C11H14O2.2C10H12O2.C9H8F4.C9H9F3O.5C9H12/c1-3-9-5-7-10(8-6-9)11(12)13-4-2;1-3-8-4-6-9(7-5-8)10(11)12-2;1-3-8-5-4-6-9(7-8)10(11)12-2;1-2-6-3-4-7(10)5-8(6)9(11,12)13;1-2-7-5-3-4-6-8(7)13-9(10,11)12;3*1-3-9-6-4-8(2)5-7-9;2*1-3-9-6-4-5-8(2)7-9/h5-8H,3-4H2,1-2H3;2*4-7H,3H2,1-2H3;3-5H,2H2,1H3;3-6H,2H2,1H3;5*4-7H,3H2,1-2H3. The highest BCUT2D eigenvalue weighted by Crippen LogP contribution is 2.33. The minimum Gasteiger partial charge on any atom is -0.465 e. The van der Waals surface area contributed by atoms with Crippen LogP contribution in [0.5, 0.6) is 5.75 Å². The Morgan fingerprint density at radius 2 is 0.639 bits per heavy atom. The van der Waals surface area contributed by atoms with Crippen molar-refractivity contribution < 1.29 is 64.1 Å². The van der Waals surface area contributed by atoms with Crippen molar-refractivity contribution in [2.24, 2.45) is 0 Å². The number of alkyl halides is 6. The molecule has 0 unspecified atom stereocenters. The second-order valence-corrected chi connectivity index (χ2v) is 24.7. The maximum Gasteiger partial charge on any atom is 0.573 e. The third-order valence-corrected chi connectivity index (χ3v) is 16.3. The molecule has 0 spiro atoms. The van der Waals surface area contributed by atoms with Gasteiger partial charge in [0.25, 0.3) is 0 Å². The van der Waals surface area contributed by atoms with Gasteiger partial charge in [0.1, 0.15) is 11.6 Å². The molecule has 0 aliphatic heterocycles. The van der Waals surface area contributed by atoms with Crippen LogP contribution < -0.4 is 4.74 Å². The van der Waals surface area contributed by atoms with Gasteiger partial charge in [-0.15, -0.1) is 13.2 Å². The number of rotatable bonds is 15. The van der Waals surface area contributed by atoms with Crippen molar-refractivity contribution in [2.45, 2.75) is 188 Å². The van der Waals surface area contributed by atoms with Crippen LogP contribution in [0.3, 0.4) is 0 Å². The van der Waals surface area contributed by atoms with Gasteiger partial charge in [0.15, 0.2) is 0 Å². The van der Waals surface area contributed by atoms with Crippen molar-refractivity contribution in [1.82, 2.24) is 0 Å².